The maximum Gasteiger partial charge on any atom is 0.249 e. The molecule has 5 aromatic rings. The molecule has 2 aromatic carbocycles. The molecule has 0 spiro atoms. The summed E-state index contributed by atoms with van der Waals surface area (Å²) < 4.78 is 1.84. The van der Waals surface area contributed by atoms with Crippen LogP contribution in [0, 0.1) is 0 Å². The van der Waals surface area contributed by atoms with Crippen molar-refractivity contribution in [3.63, 3.8) is 0 Å². The van der Waals surface area contributed by atoms with Crippen LogP contribution < -0.4 is 5.32 Å². The van der Waals surface area contributed by atoms with E-state index in [-0.39, 0.29) is 0 Å². The Balaban J connectivity index is 1.51. The van der Waals surface area contributed by atoms with Crippen LogP contribution >= 0.6 is 11.3 Å². The van der Waals surface area contributed by atoms with Gasteiger partial charge in [-0.05, 0) is 12.1 Å². The summed E-state index contributed by atoms with van der Waals surface area (Å²) in [6.45, 7) is 0. The summed E-state index contributed by atoms with van der Waals surface area (Å²) >= 11 is 1.56. The van der Waals surface area contributed by atoms with Gasteiger partial charge in [-0.2, -0.15) is 4.98 Å². The zero-order valence-electron chi connectivity index (χ0n) is 13.0. The average Bonchev–Trinajstić information content (AvgIpc) is 3.22. The van der Waals surface area contributed by atoms with Gasteiger partial charge in [0.05, 0.1) is 22.9 Å². The van der Waals surface area contributed by atoms with Gasteiger partial charge < -0.3 is 5.32 Å². The topological polar surface area (TPSA) is 68.0 Å². The Hall–Kier alpha value is -3.32. The van der Waals surface area contributed by atoms with Gasteiger partial charge in [0.25, 0.3) is 0 Å². The van der Waals surface area contributed by atoms with Gasteiger partial charge in [-0.25, -0.2) is 9.50 Å². The molecule has 0 aliphatic heterocycles. The summed E-state index contributed by atoms with van der Waals surface area (Å²) in [6, 6.07) is 17.9. The Morgan fingerprint density at radius 1 is 0.880 bits per heavy atom. The molecular formula is C18H12N6S. The number of hydrogen-bond donors (Lipinski definition) is 1. The Bertz CT molecular complexity index is 1180. The first kappa shape index (κ1) is 14.1. The summed E-state index contributed by atoms with van der Waals surface area (Å²) in [5.74, 6) is 1.13. The number of aromatic nitrogens is 5. The molecule has 3 heterocycles. The Morgan fingerprint density at radius 2 is 1.68 bits per heavy atom. The van der Waals surface area contributed by atoms with Gasteiger partial charge in [0.2, 0.25) is 10.9 Å². The molecule has 0 amide bonds. The normalized spacial score (nSPS) is 11.2. The van der Waals surface area contributed by atoms with Crippen molar-refractivity contribution in [1.82, 2.24) is 24.6 Å². The summed E-state index contributed by atoms with van der Waals surface area (Å²) in [7, 11) is 0. The standard InChI is InChI=1S/C18H12N6S/c1-2-6-12(7-3-1)15-11-25-18-22-17(23-24(15)18)21-16-10-19-13-8-4-5-9-14(13)20-16/h1-11H,(H,20,21,23). The molecule has 3 aromatic heterocycles. The number of nitrogens with zero attached hydrogens (tertiary/aromatic N) is 5. The molecule has 0 radical (unpaired) electrons. The average molecular weight is 344 g/mol. The molecule has 0 fully saturated rings. The smallest absolute Gasteiger partial charge is 0.249 e. The van der Waals surface area contributed by atoms with Crippen LogP contribution in [0.3, 0.4) is 0 Å². The predicted molar refractivity (Wildman–Crippen MR) is 99.1 cm³/mol. The van der Waals surface area contributed by atoms with Crippen LogP contribution in [0.2, 0.25) is 0 Å². The van der Waals surface area contributed by atoms with Gasteiger partial charge >= 0.3 is 0 Å². The zero-order valence-corrected chi connectivity index (χ0v) is 13.8. The Labute approximate surface area is 146 Å². The lowest BCUT2D eigenvalue weighted by Gasteiger charge is -2.02. The van der Waals surface area contributed by atoms with E-state index in [2.05, 4.69) is 42.9 Å². The Morgan fingerprint density at radius 3 is 2.56 bits per heavy atom. The number of rotatable bonds is 3. The number of para-hydroxylation sites is 2. The third-order valence-corrected chi connectivity index (χ3v) is 4.66. The van der Waals surface area contributed by atoms with Crippen LogP contribution in [0.4, 0.5) is 11.8 Å². The number of nitrogens with one attached hydrogen (secondary N) is 1. The van der Waals surface area contributed by atoms with E-state index in [0.717, 1.165) is 27.3 Å². The highest BCUT2D eigenvalue weighted by Gasteiger charge is 2.12. The van der Waals surface area contributed by atoms with Crippen molar-refractivity contribution >= 4 is 39.1 Å². The van der Waals surface area contributed by atoms with Crippen LogP contribution in [-0.4, -0.2) is 24.6 Å². The molecule has 5 rings (SSSR count). The third kappa shape index (κ3) is 2.50. The first-order chi connectivity index (χ1) is 12.4. The molecule has 0 unspecified atom stereocenters. The molecule has 7 heteroatoms. The number of benzene rings is 2. The van der Waals surface area contributed by atoms with Gasteiger partial charge in [-0.15, -0.1) is 16.4 Å². The highest BCUT2D eigenvalue weighted by Crippen LogP contribution is 2.26. The summed E-state index contributed by atoms with van der Waals surface area (Å²) in [5, 5.41) is 9.76. The second kappa shape index (κ2) is 5.64. The van der Waals surface area contributed by atoms with Crippen LogP contribution in [0.15, 0.2) is 66.2 Å². The van der Waals surface area contributed by atoms with E-state index in [4.69, 9.17) is 0 Å². The number of anilines is 2. The molecule has 0 aliphatic carbocycles. The van der Waals surface area contributed by atoms with Crippen molar-refractivity contribution in [2.24, 2.45) is 0 Å². The van der Waals surface area contributed by atoms with Crippen LogP contribution in [0.25, 0.3) is 27.3 Å². The van der Waals surface area contributed by atoms with E-state index in [1.54, 1.807) is 17.5 Å². The van der Waals surface area contributed by atoms with Gasteiger partial charge in [0, 0.05) is 10.9 Å². The van der Waals surface area contributed by atoms with Crippen molar-refractivity contribution in [2.75, 3.05) is 5.32 Å². The van der Waals surface area contributed by atoms with E-state index in [1.807, 2.05) is 47.0 Å². The minimum Gasteiger partial charge on any atom is -0.306 e. The fraction of sp³-hybridized carbons (Fsp3) is 0. The number of fused-ring (bicyclic) bond motifs is 2. The minimum absolute atomic E-state index is 0.508. The van der Waals surface area contributed by atoms with E-state index in [0.29, 0.717) is 11.8 Å². The van der Waals surface area contributed by atoms with E-state index >= 15 is 0 Å². The SMILES string of the molecule is c1ccc(-c2csc3nc(Nc4cnc5ccccc5n4)nn23)cc1. The monoisotopic (exact) mass is 344 g/mol. The van der Waals surface area contributed by atoms with Crippen LogP contribution in [0.1, 0.15) is 0 Å². The van der Waals surface area contributed by atoms with Crippen molar-refractivity contribution in [2.45, 2.75) is 0 Å². The lowest BCUT2D eigenvalue weighted by atomic mass is 10.2. The summed E-state index contributed by atoms with van der Waals surface area (Å²) in [6.07, 6.45) is 1.69. The molecule has 25 heavy (non-hydrogen) atoms. The summed E-state index contributed by atoms with van der Waals surface area (Å²) in [4.78, 5) is 14.3. The lowest BCUT2D eigenvalue weighted by Crippen LogP contribution is -1.98. The molecule has 0 atom stereocenters. The van der Waals surface area contributed by atoms with Gasteiger partial charge in [-0.1, -0.05) is 42.5 Å². The zero-order chi connectivity index (χ0) is 16.6. The second-order valence-electron chi connectivity index (χ2n) is 5.49. The molecular weight excluding hydrogens is 332 g/mol. The molecule has 0 saturated carbocycles. The maximum absolute atomic E-state index is 4.56. The largest absolute Gasteiger partial charge is 0.306 e. The molecule has 0 bridgehead atoms. The van der Waals surface area contributed by atoms with E-state index < -0.39 is 0 Å². The Kier molecular flexibility index (Phi) is 3.17. The molecule has 0 aliphatic rings. The van der Waals surface area contributed by atoms with Crippen molar-refractivity contribution in [3.8, 4) is 11.3 Å². The van der Waals surface area contributed by atoms with Gasteiger partial charge in [-0.3, -0.25) is 4.98 Å². The highest BCUT2D eigenvalue weighted by atomic mass is 32.1. The van der Waals surface area contributed by atoms with Gasteiger partial charge in [0.15, 0.2) is 5.82 Å². The quantitative estimate of drug-likeness (QED) is 0.533. The number of thiazole rings is 1. The molecule has 6 nitrogen and oxygen atoms in total. The van der Waals surface area contributed by atoms with E-state index in [1.165, 1.54) is 0 Å². The number of hydrogen-bond acceptors (Lipinski definition) is 6. The second-order valence-corrected chi connectivity index (χ2v) is 6.32. The molecule has 1 N–H and O–H groups in total. The van der Waals surface area contributed by atoms with Crippen molar-refractivity contribution in [3.05, 3.63) is 66.2 Å². The first-order valence-electron chi connectivity index (χ1n) is 7.75. The van der Waals surface area contributed by atoms with Crippen molar-refractivity contribution in [1.29, 1.82) is 0 Å². The fourth-order valence-electron chi connectivity index (χ4n) is 2.67. The van der Waals surface area contributed by atoms with Crippen LogP contribution in [-0.2, 0) is 0 Å². The van der Waals surface area contributed by atoms with Crippen LogP contribution in [0.5, 0.6) is 0 Å². The molecule has 120 valence electrons. The van der Waals surface area contributed by atoms with E-state index in [9.17, 15) is 0 Å². The summed E-state index contributed by atoms with van der Waals surface area (Å²) in [5.41, 5.74) is 3.82. The predicted octanol–water partition coefficient (Wildman–Crippen LogP) is 4.14. The first-order valence-corrected chi connectivity index (χ1v) is 8.63. The fourth-order valence-corrected chi connectivity index (χ4v) is 3.50. The minimum atomic E-state index is 0.508. The highest BCUT2D eigenvalue weighted by molar-refractivity contribution is 7.15. The van der Waals surface area contributed by atoms with Crippen molar-refractivity contribution < 1.29 is 0 Å². The molecule has 0 saturated heterocycles. The lowest BCUT2D eigenvalue weighted by molar-refractivity contribution is 0.987. The third-order valence-electron chi connectivity index (χ3n) is 3.84. The van der Waals surface area contributed by atoms with Gasteiger partial charge in [0.1, 0.15) is 0 Å². The maximum atomic E-state index is 4.56.